The molecule has 0 saturated heterocycles. The normalized spacial score (nSPS) is 19.8. The molecule has 16 heavy (non-hydrogen) atoms. The molecule has 0 spiro atoms. The van der Waals surface area contributed by atoms with Crippen molar-refractivity contribution in [2.45, 2.75) is 12.0 Å². The van der Waals surface area contributed by atoms with Gasteiger partial charge in [-0.2, -0.15) is 0 Å². The lowest BCUT2D eigenvalue weighted by Crippen LogP contribution is -2.28. The first-order chi connectivity index (χ1) is 7.11. The van der Waals surface area contributed by atoms with Crippen LogP contribution in [0.3, 0.4) is 0 Å². The summed E-state index contributed by atoms with van der Waals surface area (Å²) in [4.78, 5) is 0. The van der Waals surface area contributed by atoms with Crippen LogP contribution >= 0.6 is 14.3 Å². The summed E-state index contributed by atoms with van der Waals surface area (Å²) < 4.78 is 24.7. The van der Waals surface area contributed by atoms with Crippen molar-refractivity contribution in [3.05, 3.63) is 30.3 Å². The Morgan fingerprint density at radius 1 is 1.06 bits per heavy atom. The van der Waals surface area contributed by atoms with Crippen molar-refractivity contribution in [3.63, 3.8) is 0 Å². The monoisotopic (exact) mass is 260 g/mol. The highest BCUT2D eigenvalue weighted by Crippen LogP contribution is 2.69. The first kappa shape index (κ1) is 13.7. The predicted molar refractivity (Wildman–Crippen MR) is 69.7 cm³/mol. The molecule has 3 nitrogen and oxygen atoms in total. The van der Waals surface area contributed by atoms with E-state index in [-0.39, 0.29) is 0 Å². The van der Waals surface area contributed by atoms with Crippen LogP contribution in [0.5, 0.6) is 0 Å². The van der Waals surface area contributed by atoms with Crippen LogP contribution in [0, 0.1) is 0 Å². The predicted octanol–water partition coefficient (Wildman–Crippen LogP) is 2.59. The maximum atomic E-state index is 12.7. The molecule has 0 saturated carbocycles. The molecule has 1 aromatic carbocycles. The number of aliphatic hydroxyl groups is 1. The Labute approximate surface area is 96.6 Å². The van der Waals surface area contributed by atoms with E-state index >= 15 is 0 Å². The molecule has 0 aliphatic rings. The van der Waals surface area contributed by atoms with Crippen LogP contribution in [-0.4, -0.2) is 30.2 Å². The van der Waals surface area contributed by atoms with Gasteiger partial charge in [0.05, 0.1) is 0 Å². The van der Waals surface area contributed by atoms with Crippen LogP contribution < -0.4 is 5.30 Å². The van der Waals surface area contributed by atoms with Crippen molar-refractivity contribution in [2.75, 3.05) is 20.0 Å². The lowest BCUT2D eigenvalue weighted by Gasteiger charge is -2.34. The van der Waals surface area contributed by atoms with Gasteiger partial charge in [0.25, 0.3) is 0 Å². The van der Waals surface area contributed by atoms with Crippen molar-refractivity contribution in [3.8, 4) is 0 Å². The summed E-state index contributed by atoms with van der Waals surface area (Å²) in [5, 5.41) is 9.21. The van der Waals surface area contributed by atoms with E-state index in [1.807, 2.05) is 6.07 Å². The minimum Gasteiger partial charge on any atom is -0.374 e. The summed E-state index contributed by atoms with van der Waals surface area (Å²) >= 11 is 0. The molecule has 0 aliphatic carbocycles. The van der Waals surface area contributed by atoms with Crippen molar-refractivity contribution in [1.82, 2.24) is 0 Å². The van der Waals surface area contributed by atoms with Gasteiger partial charge in [-0.25, -0.2) is 0 Å². The Bertz CT molecular complexity index is 459. The zero-order valence-corrected chi connectivity index (χ0v) is 11.8. The van der Waals surface area contributed by atoms with Gasteiger partial charge in [-0.15, -0.1) is 0 Å². The van der Waals surface area contributed by atoms with Crippen LogP contribution in [0.1, 0.15) is 6.92 Å². The van der Waals surface area contributed by atoms with Gasteiger partial charge in [-0.1, -0.05) is 30.3 Å². The van der Waals surface area contributed by atoms with Crippen molar-refractivity contribution < 1.29 is 14.2 Å². The second-order valence-electron chi connectivity index (χ2n) is 4.58. The van der Waals surface area contributed by atoms with E-state index in [0.717, 1.165) is 0 Å². The molecule has 1 rings (SSSR count). The molecule has 90 valence electrons. The average Bonchev–Trinajstić information content (AvgIpc) is 2.17. The smallest absolute Gasteiger partial charge is 0.170 e. The third-order valence-corrected chi connectivity index (χ3v) is 10.6. The molecule has 0 amide bonds. The third-order valence-electron chi connectivity index (χ3n) is 3.08. The molecule has 2 unspecified atom stereocenters. The van der Waals surface area contributed by atoms with E-state index in [9.17, 15) is 14.2 Å². The topological polar surface area (TPSA) is 54.4 Å². The van der Waals surface area contributed by atoms with Gasteiger partial charge in [-0.3, -0.25) is 0 Å². The highest BCUT2D eigenvalue weighted by atomic mass is 31.2. The summed E-state index contributed by atoms with van der Waals surface area (Å²) in [6.07, 6.45) is 0. The Morgan fingerprint density at radius 2 is 1.50 bits per heavy atom. The first-order valence-corrected chi connectivity index (χ1v) is 9.77. The van der Waals surface area contributed by atoms with E-state index in [0.29, 0.717) is 5.30 Å². The second kappa shape index (κ2) is 4.14. The summed E-state index contributed by atoms with van der Waals surface area (Å²) in [5.74, 6) is 0. The summed E-state index contributed by atoms with van der Waals surface area (Å²) in [7, 11) is -5.94. The maximum absolute atomic E-state index is 12.7. The SMILES string of the molecule is CC(O)(P(C)(C)=O)P(C)(=O)c1ccccc1. The highest BCUT2D eigenvalue weighted by Gasteiger charge is 2.48. The minimum atomic E-state index is -3.08. The molecule has 2 atom stereocenters. The molecule has 0 aromatic heterocycles. The number of benzene rings is 1. The van der Waals surface area contributed by atoms with Crippen LogP contribution in [0.2, 0.25) is 0 Å². The van der Waals surface area contributed by atoms with Gasteiger partial charge in [0.2, 0.25) is 0 Å². The summed E-state index contributed by atoms with van der Waals surface area (Å²) in [6, 6.07) is 8.74. The molecule has 1 N–H and O–H groups in total. The fraction of sp³-hybridized carbons (Fsp3) is 0.455. The molecule has 1 aromatic rings. The maximum Gasteiger partial charge on any atom is 0.170 e. The highest BCUT2D eigenvalue weighted by molar-refractivity contribution is 7.85. The average molecular weight is 260 g/mol. The minimum absolute atomic E-state index is 0.559. The van der Waals surface area contributed by atoms with E-state index in [1.165, 1.54) is 26.9 Å². The standard InChI is InChI=1S/C11H18O3P2/c1-11(12,15(2,3)13)16(4,14)10-8-6-5-7-9-10/h5-9,12H,1-4H3. The first-order valence-electron chi connectivity index (χ1n) is 5.01. The van der Waals surface area contributed by atoms with Crippen LogP contribution in [0.4, 0.5) is 0 Å². The van der Waals surface area contributed by atoms with E-state index < -0.39 is 19.4 Å². The van der Waals surface area contributed by atoms with Gasteiger partial charge in [0.15, 0.2) is 5.08 Å². The van der Waals surface area contributed by atoms with E-state index in [1.54, 1.807) is 24.3 Å². The lowest BCUT2D eigenvalue weighted by atomic mass is 10.4. The van der Waals surface area contributed by atoms with Crippen LogP contribution in [0.25, 0.3) is 0 Å². The molecule has 0 fully saturated rings. The largest absolute Gasteiger partial charge is 0.374 e. The molecule has 0 aliphatic heterocycles. The van der Waals surface area contributed by atoms with E-state index in [2.05, 4.69) is 0 Å². The summed E-state index contributed by atoms with van der Waals surface area (Å²) in [5.41, 5.74) is 0. The van der Waals surface area contributed by atoms with Gasteiger partial charge >= 0.3 is 0 Å². The van der Waals surface area contributed by atoms with E-state index in [4.69, 9.17) is 0 Å². The quantitative estimate of drug-likeness (QED) is 0.850. The Kier molecular flexibility index (Phi) is 3.55. The Hall–Kier alpha value is -0.360. The zero-order valence-electron chi connectivity index (χ0n) is 10.0. The lowest BCUT2D eigenvalue weighted by molar-refractivity contribution is 0.222. The van der Waals surface area contributed by atoms with Gasteiger partial charge in [-0.05, 0) is 26.9 Å². The molecular weight excluding hydrogens is 242 g/mol. The molecule has 0 radical (unpaired) electrons. The van der Waals surface area contributed by atoms with Crippen LogP contribution in [-0.2, 0) is 9.13 Å². The van der Waals surface area contributed by atoms with Crippen molar-refractivity contribution in [2.24, 2.45) is 0 Å². The fourth-order valence-corrected chi connectivity index (χ4v) is 6.67. The molecule has 0 heterocycles. The fourth-order valence-electron chi connectivity index (χ4n) is 1.42. The molecule has 5 heteroatoms. The second-order valence-corrected chi connectivity index (χ2v) is 11.7. The molecule has 0 bridgehead atoms. The third kappa shape index (κ3) is 2.18. The van der Waals surface area contributed by atoms with Crippen molar-refractivity contribution in [1.29, 1.82) is 0 Å². The zero-order chi connectivity index (χ0) is 12.6. The molecular formula is C11H18O3P2. The summed E-state index contributed by atoms with van der Waals surface area (Å²) in [6.45, 7) is 5.82. The van der Waals surface area contributed by atoms with Gasteiger partial charge < -0.3 is 14.2 Å². The number of rotatable bonds is 3. The van der Waals surface area contributed by atoms with Crippen molar-refractivity contribution >= 4 is 19.6 Å². The number of hydrogen-bond acceptors (Lipinski definition) is 3. The number of hydrogen-bond donors (Lipinski definition) is 1. The Balaban J connectivity index is 3.34. The van der Waals surface area contributed by atoms with Gasteiger partial charge in [0.1, 0.15) is 14.3 Å². The van der Waals surface area contributed by atoms with Crippen LogP contribution in [0.15, 0.2) is 30.3 Å². The Morgan fingerprint density at radius 3 is 1.88 bits per heavy atom. The van der Waals surface area contributed by atoms with Gasteiger partial charge in [0, 0.05) is 5.30 Å².